The van der Waals surface area contributed by atoms with E-state index in [1.165, 1.54) is 28.2 Å². The molecule has 2 aliphatic rings. The van der Waals surface area contributed by atoms with Crippen molar-refractivity contribution >= 4 is 21.8 Å². The maximum absolute atomic E-state index is 13.7. The van der Waals surface area contributed by atoms with Gasteiger partial charge in [0.15, 0.2) is 16.3 Å². The first kappa shape index (κ1) is 26.9. The molecular weight excluding hydrogens is 517 g/mol. The molecule has 1 aromatic carbocycles. The van der Waals surface area contributed by atoms with Gasteiger partial charge in [-0.2, -0.15) is 13.2 Å². The average molecular weight is 545 g/mol. The second-order valence-electron chi connectivity index (χ2n) is 8.99. The van der Waals surface area contributed by atoms with Gasteiger partial charge in [-0.25, -0.2) is 18.2 Å². The van der Waals surface area contributed by atoms with Gasteiger partial charge in [0.1, 0.15) is 11.9 Å². The number of piperidine rings is 2. The second-order valence-corrected chi connectivity index (χ2v) is 11.2. The van der Waals surface area contributed by atoms with Gasteiger partial charge in [0.05, 0.1) is 11.8 Å². The normalized spacial score (nSPS) is 19.4. The van der Waals surface area contributed by atoms with E-state index in [-0.39, 0.29) is 63.4 Å². The summed E-state index contributed by atoms with van der Waals surface area (Å²) in [6.07, 6.45) is -3.20. The van der Waals surface area contributed by atoms with Crippen LogP contribution in [-0.2, 0) is 21.0 Å². The molecule has 202 valence electrons. The highest BCUT2D eigenvalue weighted by atomic mass is 32.2. The first-order chi connectivity index (χ1) is 17.5. The van der Waals surface area contributed by atoms with Gasteiger partial charge in [0.25, 0.3) is 5.91 Å². The minimum Gasteiger partial charge on any atom is -0.490 e. The largest absolute Gasteiger partial charge is 0.490 e. The molecule has 0 spiro atoms. The van der Waals surface area contributed by atoms with E-state index >= 15 is 0 Å². The summed E-state index contributed by atoms with van der Waals surface area (Å²) < 4.78 is 75.9. The lowest BCUT2D eigenvalue weighted by atomic mass is 9.94. The molecule has 1 aromatic heterocycles. The Balaban J connectivity index is 1.41. The van der Waals surface area contributed by atoms with Gasteiger partial charge in [-0.3, -0.25) is 15.4 Å². The number of ether oxygens (including phenoxy) is 1. The number of furan rings is 1. The number of rotatable bonds is 6. The first-order valence-corrected chi connectivity index (χ1v) is 13.1. The fraction of sp³-hybridized carbons (Fsp3) is 0.478. The summed E-state index contributed by atoms with van der Waals surface area (Å²) in [4.78, 5) is 14.3. The van der Waals surface area contributed by atoms with Crippen molar-refractivity contribution in [1.82, 2.24) is 14.7 Å². The van der Waals surface area contributed by atoms with Crippen molar-refractivity contribution in [3.63, 3.8) is 0 Å². The van der Waals surface area contributed by atoms with Crippen LogP contribution >= 0.6 is 0 Å². The van der Waals surface area contributed by atoms with E-state index in [1.807, 2.05) is 0 Å². The van der Waals surface area contributed by atoms with E-state index in [2.05, 4.69) is 0 Å². The zero-order chi connectivity index (χ0) is 26.8. The number of hydrogen-bond acceptors (Lipinski definition) is 7. The Hall–Kier alpha value is -3.10. The molecule has 1 amide bonds. The molecule has 0 unspecified atom stereocenters. The van der Waals surface area contributed by atoms with Gasteiger partial charge in [-0.1, -0.05) is 0 Å². The number of halogens is 3. The smallest absolute Gasteiger partial charge is 0.416 e. The van der Waals surface area contributed by atoms with Crippen LogP contribution in [0.25, 0.3) is 0 Å². The SMILES string of the molecule is N=C(c1ccco1)N1CCC(C(=O)NO)(S(=O)(=O)N2CCC(Oc3ccc(C(F)(F)F)cc3)CC2)CC1. The van der Waals surface area contributed by atoms with Crippen LogP contribution in [0.3, 0.4) is 0 Å². The molecule has 4 rings (SSSR count). The standard InChI is InChI=1S/C23H27F3N4O6S/c24-23(25,26)16-3-5-17(6-4-16)36-18-7-11-30(12-8-18)37(33,34)22(21(31)28-32)9-13-29(14-10-22)20(27)19-2-1-15-35-19/h1-6,15,18,27,32H,7-14H2,(H,28,31). The number of hydrogen-bond donors (Lipinski definition) is 3. The van der Waals surface area contributed by atoms with E-state index in [0.29, 0.717) is 5.76 Å². The maximum atomic E-state index is 13.7. The Morgan fingerprint density at radius 2 is 1.73 bits per heavy atom. The lowest BCUT2D eigenvalue weighted by molar-refractivity contribution is -0.137. The number of likely N-dealkylation sites (tertiary alicyclic amines) is 1. The number of carbonyl (C=O) groups excluding carboxylic acids is 1. The van der Waals surface area contributed by atoms with E-state index < -0.39 is 38.5 Å². The summed E-state index contributed by atoms with van der Waals surface area (Å²) in [5, 5.41) is 17.7. The number of sulfonamides is 1. The molecule has 14 heteroatoms. The van der Waals surface area contributed by atoms with Crippen molar-refractivity contribution in [3.05, 3.63) is 54.0 Å². The predicted molar refractivity (Wildman–Crippen MR) is 125 cm³/mol. The van der Waals surface area contributed by atoms with Crippen LogP contribution in [0.5, 0.6) is 5.75 Å². The fourth-order valence-corrected chi connectivity index (χ4v) is 6.88. The summed E-state index contributed by atoms with van der Waals surface area (Å²) in [5.74, 6) is -0.393. The minimum atomic E-state index is -4.45. The van der Waals surface area contributed by atoms with Crippen molar-refractivity contribution in [2.24, 2.45) is 0 Å². The quantitative estimate of drug-likeness (QED) is 0.220. The Morgan fingerprint density at radius 1 is 1.11 bits per heavy atom. The van der Waals surface area contributed by atoms with E-state index in [9.17, 15) is 31.6 Å². The summed E-state index contributed by atoms with van der Waals surface area (Å²) in [5.41, 5.74) is 0.716. The highest BCUT2D eigenvalue weighted by Gasteiger charge is 2.55. The molecule has 37 heavy (non-hydrogen) atoms. The van der Waals surface area contributed by atoms with Gasteiger partial charge < -0.3 is 14.1 Å². The Labute approximate surface area is 211 Å². The monoisotopic (exact) mass is 544 g/mol. The molecule has 2 aromatic rings. The number of benzene rings is 1. The molecule has 2 saturated heterocycles. The first-order valence-electron chi connectivity index (χ1n) is 11.6. The highest BCUT2D eigenvalue weighted by molar-refractivity contribution is 7.91. The van der Waals surface area contributed by atoms with Crippen molar-refractivity contribution in [2.45, 2.75) is 42.7 Å². The van der Waals surface area contributed by atoms with Crippen LogP contribution in [0, 0.1) is 5.41 Å². The number of alkyl halides is 3. The van der Waals surface area contributed by atoms with Crippen LogP contribution in [0.1, 0.15) is 37.0 Å². The number of hydroxylamine groups is 1. The van der Waals surface area contributed by atoms with Crippen LogP contribution in [0.2, 0.25) is 0 Å². The fourth-order valence-electron chi connectivity index (χ4n) is 4.72. The summed E-state index contributed by atoms with van der Waals surface area (Å²) in [6.45, 7) is 0.249. The number of carbonyl (C=O) groups is 1. The summed E-state index contributed by atoms with van der Waals surface area (Å²) in [6, 6.07) is 7.53. The van der Waals surface area contributed by atoms with Gasteiger partial charge in [0.2, 0.25) is 10.0 Å². The summed E-state index contributed by atoms with van der Waals surface area (Å²) >= 11 is 0. The molecule has 2 fully saturated rings. The van der Waals surface area contributed by atoms with Crippen molar-refractivity contribution in [1.29, 1.82) is 5.41 Å². The summed E-state index contributed by atoms with van der Waals surface area (Å²) in [7, 11) is -4.22. The topological polar surface area (TPSA) is 136 Å². The highest BCUT2D eigenvalue weighted by Crippen LogP contribution is 2.36. The third-order valence-electron chi connectivity index (χ3n) is 6.88. The zero-order valence-corrected chi connectivity index (χ0v) is 20.5. The Kier molecular flexibility index (Phi) is 7.53. The molecule has 0 bridgehead atoms. The van der Waals surface area contributed by atoms with Crippen molar-refractivity contribution < 1.29 is 40.7 Å². The van der Waals surface area contributed by atoms with Crippen LogP contribution in [0.4, 0.5) is 13.2 Å². The van der Waals surface area contributed by atoms with Gasteiger partial charge >= 0.3 is 6.18 Å². The zero-order valence-electron chi connectivity index (χ0n) is 19.7. The molecular formula is C23H27F3N4O6S. The second kappa shape index (κ2) is 10.3. The number of nitrogens with zero attached hydrogens (tertiary/aromatic N) is 2. The predicted octanol–water partition coefficient (Wildman–Crippen LogP) is 2.84. The molecule has 3 N–H and O–H groups in total. The van der Waals surface area contributed by atoms with Gasteiger partial charge in [0, 0.05) is 26.2 Å². The number of amidine groups is 1. The lowest BCUT2D eigenvalue weighted by Crippen LogP contribution is -2.62. The minimum absolute atomic E-state index is 0.0417. The van der Waals surface area contributed by atoms with Crippen LogP contribution in [-0.4, -0.2) is 71.6 Å². The molecule has 0 aliphatic carbocycles. The third-order valence-corrected chi connectivity index (χ3v) is 9.50. The van der Waals surface area contributed by atoms with Crippen molar-refractivity contribution in [2.75, 3.05) is 26.2 Å². The Bertz CT molecular complexity index is 1200. The maximum Gasteiger partial charge on any atom is 0.416 e. The van der Waals surface area contributed by atoms with Gasteiger partial charge in [-0.05, 0) is 62.1 Å². The lowest BCUT2D eigenvalue weighted by Gasteiger charge is -2.43. The molecule has 2 aliphatic heterocycles. The number of nitrogens with one attached hydrogen (secondary N) is 2. The number of amides is 1. The van der Waals surface area contributed by atoms with E-state index in [1.54, 1.807) is 17.0 Å². The van der Waals surface area contributed by atoms with Crippen LogP contribution in [0.15, 0.2) is 47.1 Å². The van der Waals surface area contributed by atoms with Crippen LogP contribution < -0.4 is 10.2 Å². The Morgan fingerprint density at radius 3 is 2.24 bits per heavy atom. The molecule has 0 saturated carbocycles. The molecule has 0 atom stereocenters. The van der Waals surface area contributed by atoms with Crippen molar-refractivity contribution in [3.8, 4) is 5.75 Å². The molecule has 0 radical (unpaired) electrons. The molecule has 3 heterocycles. The molecule has 10 nitrogen and oxygen atoms in total. The average Bonchev–Trinajstić information content (AvgIpc) is 3.43. The van der Waals surface area contributed by atoms with Gasteiger partial charge in [-0.15, -0.1) is 0 Å². The van der Waals surface area contributed by atoms with E-state index in [0.717, 1.165) is 12.1 Å². The van der Waals surface area contributed by atoms with E-state index in [4.69, 9.17) is 14.6 Å². The third kappa shape index (κ3) is 5.31.